The molecule has 0 saturated heterocycles. The summed E-state index contributed by atoms with van der Waals surface area (Å²) >= 11 is 3.20. The SMILES string of the molecule is Cc1ccc2c(c1)C(O)C(Br)=C(N)C2O. The number of aryl methyl sites for hydroxylation is 1. The van der Waals surface area contributed by atoms with Crippen LogP contribution in [0.3, 0.4) is 0 Å². The van der Waals surface area contributed by atoms with E-state index in [0.29, 0.717) is 15.6 Å². The maximum absolute atomic E-state index is 9.95. The molecule has 0 aliphatic heterocycles. The Morgan fingerprint density at radius 3 is 2.53 bits per heavy atom. The fourth-order valence-electron chi connectivity index (χ4n) is 1.77. The van der Waals surface area contributed by atoms with E-state index in [9.17, 15) is 10.2 Å². The van der Waals surface area contributed by atoms with Crippen LogP contribution in [0, 0.1) is 6.92 Å². The van der Waals surface area contributed by atoms with Crippen molar-refractivity contribution in [2.75, 3.05) is 0 Å². The maximum Gasteiger partial charge on any atom is 0.120 e. The van der Waals surface area contributed by atoms with Crippen molar-refractivity contribution in [2.24, 2.45) is 5.73 Å². The molecule has 0 radical (unpaired) electrons. The highest BCUT2D eigenvalue weighted by Gasteiger charge is 2.29. The summed E-state index contributed by atoms with van der Waals surface area (Å²) in [5, 5.41) is 19.8. The third-order valence-electron chi connectivity index (χ3n) is 2.64. The van der Waals surface area contributed by atoms with Gasteiger partial charge in [-0.3, -0.25) is 0 Å². The zero-order valence-electron chi connectivity index (χ0n) is 8.24. The van der Waals surface area contributed by atoms with Gasteiger partial charge < -0.3 is 15.9 Å². The average molecular weight is 270 g/mol. The number of hydrogen-bond donors (Lipinski definition) is 3. The first-order valence-electron chi connectivity index (χ1n) is 4.64. The quantitative estimate of drug-likeness (QED) is 0.671. The summed E-state index contributed by atoms with van der Waals surface area (Å²) in [6.45, 7) is 1.94. The van der Waals surface area contributed by atoms with Crippen LogP contribution >= 0.6 is 15.9 Å². The van der Waals surface area contributed by atoms with E-state index in [4.69, 9.17) is 5.73 Å². The normalized spacial score (nSPS) is 25.3. The van der Waals surface area contributed by atoms with Crippen LogP contribution in [0.1, 0.15) is 28.9 Å². The molecule has 0 heterocycles. The lowest BCUT2D eigenvalue weighted by atomic mass is 9.89. The van der Waals surface area contributed by atoms with Gasteiger partial charge in [-0.15, -0.1) is 0 Å². The number of nitrogens with two attached hydrogens (primary N) is 1. The van der Waals surface area contributed by atoms with Gasteiger partial charge in [-0.05, 0) is 18.1 Å². The number of hydrogen-bond acceptors (Lipinski definition) is 3. The van der Waals surface area contributed by atoms with Crippen LogP contribution in [0.15, 0.2) is 28.4 Å². The standard InChI is InChI=1S/C11H12BrNO2/c1-5-2-3-6-7(4-5)10(14)8(12)9(13)11(6)15/h2-4,10-11,14-15H,13H2,1H3. The highest BCUT2D eigenvalue weighted by atomic mass is 79.9. The maximum atomic E-state index is 9.95. The van der Waals surface area contributed by atoms with Crippen molar-refractivity contribution >= 4 is 15.9 Å². The van der Waals surface area contributed by atoms with E-state index in [1.807, 2.05) is 19.1 Å². The van der Waals surface area contributed by atoms with Gasteiger partial charge in [0.25, 0.3) is 0 Å². The molecule has 0 aromatic heterocycles. The third-order valence-corrected chi connectivity index (χ3v) is 3.53. The second kappa shape index (κ2) is 3.63. The smallest absolute Gasteiger partial charge is 0.120 e. The summed E-state index contributed by atoms with van der Waals surface area (Å²) < 4.78 is 0.452. The molecule has 1 aromatic carbocycles. The minimum Gasteiger partial charge on any atom is -0.399 e. The van der Waals surface area contributed by atoms with Crippen molar-refractivity contribution < 1.29 is 10.2 Å². The van der Waals surface area contributed by atoms with Crippen LogP contribution in [-0.4, -0.2) is 10.2 Å². The molecule has 15 heavy (non-hydrogen) atoms. The highest BCUT2D eigenvalue weighted by Crippen LogP contribution is 2.41. The van der Waals surface area contributed by atoms with Crippen molar-refractivity contribution in [3.63, 3.8) is 0 Å². The number of aliphatic hydroxyl groups excluding tert-OH is 2. The van der Waals surface area contributed by atoms with E-state index >= 15 is 0 Å². The van der Waals surface area contributed by atoms with Gasteiger partial charge in [0.2, 0.25) is 0 Å². The van der Waals surface area contributed by atoms with E-state index in [0.717, 1.165) is 5.56 Å². The van der Waals surface area contributed by atoms with Crippen LogP contribution in [0.2, 0.25) is 0 Å². The molecule has 0 bridgehead atoms. The van der Waals surface area contributed by atoms with Crippen molar-refractivity contribution in [3.05, 3.63) is 45.1 Å². The Morgan fingerprint density at radius 1 is 1.20 bits per heavy atom. The van der Waals surface area contributed by atoms with Gasteiger partial charge in [0, 0.05) is 4.48 Å². The number of benzene rings is 1. The van der Waals surface area contributed by atoms with Crippen molar-refractivity contribution in [2.45, 2.75) is 19.1 Å². The molecule has 1 aliphatic carbocycles. The van der Waals surface area contributed by atoms with Crippen LogP contribution < -0.4 is 5.73 Å². The Morgan fingerprint density at radius 2 is 1.87 bits per heavy atom. The number of rotatable bonds is 0. The van der Waals surface area contributed by atoms with Gasteiger partial charge in [0.15, 0.2) is 0 Å². The predicted octanol–water partition coefficient (Wildman–Crippen LogP) is 1.64. The summed E-state index contributed by atoms with van der Waals surface area (Å²) in [5.41, 5.74) is 8.39. The summed E-state index contributed by atoms with van der Waals surface area (Å²) in [6, 6.07) is 5.54. The zero-order chi connectivity index (χ0) is 11.2. The minimum absolute atomic E-state index is 0.277. The monoisotopic (exact) mass is 269 g/mol. The Labute approximate surface area is 96.4 Å². The molecule has 0 saturated carbocycles. The predicted molar refractivity (Wildman–Crippen MR) is 61.2 cm³/mol. The van der Waals surface area contributed by atoms with Crippen LogP contribution in [0.25, 0.3) is 0 Å². The molecule has 2 atom stereocenters. The molecule has 2 rings (SSSR count). The third kappa shape index (κ3) is 1.58. The molecule has 4 N–H and O–H groups in total. The molecule has 0 amide bonds. The van der Waals surface area contributed by atoms with E-state index < -0.39 is 12.2 Å². The van der Waals surface area contributed by atoms with E-state index in [1.165, 1.54) is 0 Å². The van der Waals surface area contributed by atoms with E-state index in [2.05, 4.69) is 15.9 Å². The fourth-order valence-corrected chi connectivity index (χ4v) is 2.24. The molecule has 1 aromatic rings. The minimum atomic E-state index is -0.835. The largest absolute Gasteiger partial charge is 0.399 e. The average Bonchev–Trinajstić information content (AvgIpc) is 2.23. The van der Waals surface area contributed by atoms with Crippen LogP contribution in [0.4, 0.5) is 0 Å². The lowest BCUT2D eigenvalue weighted by Gasteiger charge is -2.27. The molecular formula is C11H12BrNO2. The zero-order valence-corrected chi connectivity index (χ0v) is 9.82. The van der Waals surface area contributed by atoms with Gasteiger partial charge >= 0.3 is 0 Å². The topological polar surface area (TPSA) is 66.5 Å². The van der Waals surface area contributed by atoms with Gasteiger partial charge in [-0.1, -0.05) is 39.7 Å². The molecular weight excluding hydrogens is 258 g/mol. The molecule has 2 unspecified atom stereocenters. The molecule has 80 valence electrons. The number of fused-ring (bicyclic) bond motifs is 1. The molecule has 1 aliphatic rings. The van der Waals surface area contributed by atoms with E-state index in [1.54, 1.807) is 6.07 Å². The summed E-state index contributed by atoms with van der Waals surface area (Å²) in [4.78, 5) is 0. The Balaban J connectivity index is 2.62. The number of halogens is 1. The Bertz CT molecular complexity index is 442. The second-order valence-electron chi connectivity index (χ2n) is 3.74. The van der Waals surface area contributed by atoms with Gasteiger partial charge in [-0.25, -0.2) is 0 Å². The molecule has 3 nitrogen and oxygen atoms in total. The number of aliphatic hydroxyl groups is 2. The highest BCUT2D eigenvalue weighted by molar-refractivity contribution is 9.11. The first kappa shape index (κ1) is 10.7. The van der Waals surface area contributed by atoms with Crippen molar-refractivity contribution in [3.8, 4) is 0 Å². The molecule has 0 spiro atoms. The lowest BCUT2D eigenvalue weighted by Crippen LogP contribution is -2.21. The summed E-state index contributed by atoms with van der Waals surface area (Å²) in [7, 11) is 0. The van der Waals surface area contributed by atoms with Crippen LogP contribution in [-0.2, 0) is 0 Å². The molecule has 4 heteroatoms. The van der Waals surface area contributed by atoms with Crippen molar-refractivity contribution in [1.82, 2.24) is 0 Å². The van der Waals surface area contributed by atoms with E-state index in [-0.39, 0.29) is 5.70 Å². The van der Waals surface area contributed by atoms with Gasteiger partial charge in [-0.2, -0.15) is 0 Å². The summed E-state index contributed by atoms with van der Waals surface area (Å²) in [5.74, 6) is 0. The van der Waals surface area contributed by atoms with Crippen molar-refractivity contribution in [1.29, 1.82) is 0 Å². The molecule has 0 fully saturated rings. The fraction of sp³-hybridized carbons (Fsp3) is 0.273. The van der Waals surface area contributed by atoms with Gasteiger partial charge in [0.05, 0.1) is 5.70 Å². The van der Waals surface area contributed by atoms with Gasteiger partial charge in [0.1, 0.15) is 12.2 Å². The first-order chi connectivity index (χ1) is 7.02. The second-order valence-corrected chi connectivity index (χ2v) is 4.60. The first-order valence-corrected chi connectivity index (χ1v) is 5.43. The lowest BCUT2D eigenvalue weighted by molar-refractivity contribution is 0.175. The Kier molecular flexibility index (Phi) is 2.58. The Hall–Kier alpha value is -0.840. The van der Waals surface area contributed by atoms with Crippen LogP contribution in [0.5, 0.6) is 0 Å². The summed E-state index contributed by atoms with van der Waals surface area (Å²) in [6.07, 6.45) is -1.61.